The molecule has 3 rings (SSSR count). The Kier molecular flexibility index (Phi) is 2.88. The van der Waals surface area contributed by atoms with Crippen LogP contribution in [-0.4, -0.2) is 22.3 Å². The number of nitrogens with two attached hydrogens (primary N) is 1. The van der Waals surface area contributed by atoms with E-state index in [-0.39, 0.29) is 5.54 Å². The smallest absolute Gasteiger partial charge is 0.229 e. The van der Waals surface area contributed by atoms with Crippen LogP contribution in [-0.2, 0) is 11.3 Å². The molecule has 5 nitrogen and oxygen atoms in total. The molecule has 2 aliphatic rings. The maximum Gasteiger partial charge on any atom is 0.229 e. The topological polar surface area (TPSA) is 74.2 Å². The van der Waals surface area contributed by atoms with Gasteiger partial charge in [-0.25, -0.2) is 0 Å². The van der Waals surface area contributed by atoms with Crippen molar-refractivity contribution in [1.29, 1.82) is 0 Å². The van der Waals surface area contributed by atoms with Gasteiger partial charge in [-0.3, -0.25) is 0 Å². The highest BCUT2D eigenvalue weighted by Crippen LogP contribution is 2.38. The van der Waals surface area contributed by atoms with Gasteiger partial charge in [0.15, 0.2) is 5.82 Å². The van der Waals surface area contributed by atoms with Gasteiger partial charge in [0.1, 0.15) is 6.61 Å². The monoisotopic (exact) mass is 237 g/mol. The predicted octanol–water partition coefficient (Wildman–Crippen LogP) is 1.74. The zero-order valence-corrected chi connectivity index (χ0v) is 10.0. The largest absolute Gasteiger partial charge is 0.371 e. The minimum atomic E-state index is -0.122. The third-order valence-corrected chi connectivity index (χ3v) is 3.63. The van der Waals surface area contributed by atoms with Crippen molar-refractivity contribution in [3.8, 4) is 0 Å². The van der Waals surface area contributed by atoms with E-state index in [1.807, 2.05) is 0 Å². The first-order chi connectivity index (χ1) is 8.25. The lowest BCUT2D eigenvalue weighted by Gasteiger charge is -2.22. The van der Waals surface area contributed by atoms with Gasteiger partial charge in [-0.15, -0.1) is 0 Å². The van der Waals surface area contributed by atoms with E-state index >= 15 is 0 Å². The van der Waals surface area contributed by atoms with Crippen molar-refractivity contribution >= 4 is 0 Å². The Hall–Kier alpha value is -0.940. The molecule has 2 N–H and O–H groups in total. The summed E-state index contributed by atoms with van der Waals surface area (Å²) in [4.78, 5) is 4.32. The van der Waals surface area contributed by atoms with E-state index in [1.54, 1.807) is 0 Å². The maximum atomic E-state index is 6.20. The van der Waals surface area contributed by atoms with E-state index in [2.05, 4.69) is 10.1 Å². The molecule has 0 radical (unpaired) electrons. The van der Waals surface area contributed by atoms with E-state index in [0.717, 1.165) is 18.7 Å². The number of hydrogen-bond acceptors (Lipinski definition) is 5. The van der Waals surface area contributed by atoms with Crippen LogP contribution in [0.1, 0.15) is 56.2 Å². The zero-order valence-electron chi connectivity index (χ0n) is 10.0. The second kappa shape index (κ2) is 4.38. The summed E-state index contributed by atoms with van der Waals surface area (Å²) >= 11 is 0. The van der Waals surface area contributed by atoms with Crippen LogP contribution < -0.4 is 5.73 Å². The van der Waals surface area contributed by atoms with Gasteiger partial charge in [-0.05, 0) is 25.7 Å². The number of aromatic nitrogens is 2. The lowest BCUT2D eigenvalue weighted by molar-refractivity contribution is 0.0698. The average Bonchev–Trinajstić information content (AvgIpc) is 2.91. The van der Waals surface area contributed by atoms with Gasteiger partial charge >= 0.3 is 0 Å². The summed E-state index contributed by atoms with van der Waals surface area (Å²) in [7, 11) is 0. The Balaban J connectivity index is 1.46. The molecule has 2 saturated carbocycles. The Labute approximate surface area is 101 Å². The van der Waals surface area contributed by atoms with E-state index < -0.39 is 0 Å². The van der Waals surface area contributed by atoms with E-state index in [1.165, 1.54) is 25.7 Å². The van der Waals surface area contributed by atoms with Crippen molar-refractivity contribution in [2.45, 2.75) is 56.6 Å². The Morgan fingerprint density at radius 2 is 2.12 bits per heavy atom. The van der Waals surface area contributed by atoms with E-state index in [0.29, 0.717) is 25.0 Å². The van der Waals surface area contributed by atoms with Crippen LogP contribution in [0.15, 0.2) is 4.52 Å². The molecule has 0 unspecified atom stereocenters. The van der Waals surface area contributed by atoms with Gasteiger partial charge in [0.05, 0.1) is 6.61 Å². The Morgan fingerprint density at radius 3 is 2.82 bits per heavy atom. The van der Waals surface area contributed by atoms with Gasteiger partial charge < -0.3 is 15.0 Å². The van der Waals surface area contributed by atoms with Gasteiger partial charge in [-0.1, -0.05) is 18.0 Å². The van der Waals surface area contributed by atoms with Crippen LogP contribution in [0, 0.1) is 0 Å². The minimum absolute atomic E-state index is 0.122. The van der Waals surface area contributed by atoms with Gasteiger partial charge in [-0.2, -0.15) is 4.98 Å². The van der Waals surface area contributed by atoms with Gasteiger partial charge in [0.25, 0.3) is 0 Å². The van der Waals surface area contributed by atoms with Crippen molar-refractivity contribution in [2.75, 3.05) is 6.61 Å². The van der Waals surface area contributed by atoms with Crippen LogP contribution in [0.4, 0.5) is 0 Å². The molecule has 1 aromatic heterocycles. The summed E-state index contributed by atoms with van der Waals surface area (Å²) in [5.74, 6) is 1.92. The quantitative estimate of drug-likeness (QED) is 0.844. The molecule has 0 aliphatic heterocycles. The molecule has 94 valence electrons. The first-order valence-corrected chi connectivity index (χ1v) is 6.44. The third kappa shape index (κ3) is 2.66. The first-order valence-electron chi connectivity index (χ1n) is 6.44. The Bertz CT molecular complexity index is 381. The van der Waals surface area contributed by atoms with Crippen LogP contribution in [0.5, 0.6) is 0 Å². The summed E-state index contributed by atoms with van der Waals surface area (Å²) in [6.45, 7) is 1.01. The van der Waals surface area contributed by atoms with E-state index in [4.69, 9.17) is 15.0 Å². The summed E-state index contributed by atoms with van der Waals surface area (Å²) in [5.41, 5.74) is 6.08. The summed E-state index contributed by atoms with van der Waals surface area (Å²) < 4.78 is 10.8. The second-order valence-corrected chi connectivity index (χ2v) is 5.39. The molecule has 2 aliphatic carbocycles. The minimum Gasteiger partial charge on any atom is -0.371 e. The number of rotatable bonds is 5. The van der Waals surface area contributed by atoms with Gasteiger partial charge in [0.2, 0.25) is 5.89 Å². The zero-order chi connectivity index (χ0) is 11.7. The van der Waals surface area contributed by atoms with Crippen molar-refractivity contribution < 1.29 is 9.26 Å². The standard InChI is InChI=1S/C12H19N3O2/c13-12(5-1-2-6-12)8-16-7-10-14-11(17-15-10)9-3-4-9/h9H,1-8,13H2. The highest BCUT2D eigenvalue weighted by molar-refractivity contribution is 5.01. The second-order valence-electron chi connectivity index (χ2n) is 5.39. The SMILES string of the molecule is NC1(COCc2noc(C3CC3)n2)CCCC1. The molecular weight excluding hydrogens is 218 g/mol. The molecule has 0 spiro atoms. The van der Waals surface area contributed by atoms with E-state index in [9.17, 15) is 0 Å². The van der Waals surface area contributed by atoms with Crippen LogP contribution in [0.3, 0.4) is 0 Å². The molecule has 17 heavy (non-hydrogen) atoms. The summed E-state index contributed by atoms with van der Waals surface area (Å²) in [6.07, 6.45) is 6.91. The van der Waals surface area contributed by atoms with Crippen molar-refractivity contribution in [3.63, 3.8) is 0 Å². The molecule has 0 bridgehead atoms. The molecule has 0 atom stereocenters. The molecule has 0 amide bonds. The highest BCUT2D eigenvalue weighted by atomic mass is 16.5. The average molecular weight is 237 g/mol. The highest BCUT2D eigenvalue weighted by Gasteiger charge is 2.31. The Morgan fingerprint density at radius 1 is 1.35 bits per heavy atom. The molecule has 1 aromatic rings. The fraction of sp³-hybridized carbons (Fsp3) is 0.833. The van der Waals surface area contributed by atoms with Crippen LogP contribution >= 0.6 is 0 Å². The number of hydrogen-bond donors (Lipinski definition) is 1. The number of ether oxygens (including phenoxy) is 1. The van der Waals surface area contributed by atoms with Crippen molar-refractivity contribution in [3.05, 3.63) is 11.7 Å². The molecule has 5 heteroatoms. The summed E-state index contributed by atoms with van der Waals surface area (Å²) in [6, 6.07) is 0. The van der Waals surface area contributed by atoms with Crippen molar-refractivity contribution in [2.24, 2.45) is 5.73 Å². The van der Waals surface area contributed by atoms with Gasteiger partial charge in [0, 0.05) is 11.5 Å². The molecule has 2 fully saturated rings. The molecular formula is C12H19N3O2. The summed E-state index contributed by atoms with van der Waals surface area (Å²) in [5, 5.41) is 3.91. The molecule has 1 heterocycles. The lowest BCUT2D eigenvalue weighted by atomic mass is 10.0. The lowest BCUT2D eigenvalue weighted by Crippen LogP contribution is -2.41. The van der Waals surface area contributed by atoms with Crippen molar-refractivity contribution in [1.82, 2.24) is 10.1 Å². The molecule has 0 saturated heterocycles. The maximum absolute atomic E-state index is 6.20. The molecule has 0 aromatic carbocycles. The van der Waals surface area contributed by atoms with Crippen LogP contribution in [0.25, 0.3) is 0 Å². The fourth-order valence-electron chi connectivity index (χ4n) is 2.39. The number of nitrogens with zero attached hydrogens (tertiary/aromatic N) is 2. The predicted molar refractivity (Wildman–Crippen MR) is 61.3 cm³/mol. The first kappa shape index (κ1) is 11.2. The van der Waals surface area contributed by atoms with Crippen LogP contribution in [0.2, 0.25) is 0 Å². The normalized spacial score (nSPS) is 23.1. The third-order valence-electron chi connectivity index (χ3n) is 3.63. The fourth-order valence-corrected chi connectivity index (χ4v) is 2.39.